The molecule has 148 valence electrons. The lowest BCUT2D eigenvalue weighted by Crippen LogP contribution is -2.22. The van der Waals surface area contributed by atoms with Gasteiger partial charge in [-0.2, -0.15) is 18.3 Å². The molecule has 2 aromatic heterocycles. The molecule has 6 nitrogen and oxygen atoms in total. The fourth-order valence-electron chi connectivity index (χ4n) is 2.60. The second kappa shape index (κ2) is 7.52. The van der Waals surface area contributed by atoms with Crippen molar-refractivity contribution in [3.63, 3.8) is 0 Å². The molecule has 2 N–H and O–H groups in total. The summed E-state index contributed by atoms with van der Waals surface area (Å²) in [7, 11) is 1.34. The average molecular weight is 522 g/mol. The summed E-state index contributed by atoms with van der Waals surface area (Å²) in [5, 5.41) is 18.1. The van der Waals surface area contributed by atoms with Gasteiger partial charge in [-0.15, -0.1) is 0 Å². The molecule has 0 aliphatic rings. The van der Waals surface area contributed by atoms with Gasteiger partial charge in [0, 0.05) is 53.2 Å². The van der Waals surface area contributed by atoms with Crippen LogP contribution < -0.4 is 5.32 Å². The van der Waals surface area contributed by atoms with Crippen LogP contribution in [0.25, 0.3) is 10.9 Å². The third kappa shape index (κ3) is 4.41. The molecule has 1 amide bonds. The largest absolute Gasteiger partial charge is 0.433 e. The Labute approximate surface area is 174 Å². The van der Waals surface area contributed by atoms with E-state index in [1.54, 1.807) is 22.4 Å². The van der Waals surface area contributed by atoms with Crippen LogP contribution in [0.3, 0.4) is 0 Å². The Balaban J connectivity index is 2.02. The number of alkyl halides is 3. The molecule has 11 heteroatoms. The van der Waals surface area contributed by atoms with E-state index in [4.69, 9.17) is 0 Å². The molecule has 0 aliphatic heterocycles. The number of carbonyl (C=O) groups excluding carboxylic acids is 1. The number of anilines is 1. The highest BCUT2D eigenvalue weighted by atomic mass is 127. The number of nitrogens with one attached hydrogen (secondary N) is 1. The third-order valence-electron chi connectivity index (χ3n) is 3.87. The van der Waals surface area contributed by atoms with Crippen molar-refractivity contribution < 1.29 is 23.1 Å². The zero-order valence-corrected chi connectivity index (χ0v) is 17.6. The van der Waals surface area contributed by atoms with Crippen molar-refractivity contribution in [3.8, 4) is 0 Å². The number of benzene rings is 1. The number of hydrogen-bond donors (Lipinski definition) is 2. The molecular formula is C17H14F3IN4O2S. The van der Waals surface area contributed by atoms with E-state index in [0.717, 1.165) is 12.1 Å². The number of halogens is 4. The smallest absolute Gasteiger partial charge is 0.386 e. The van der Waals surface area contributed by atoms with E-state index < -0.39 is 23.4 Å². The first-order valence-electron chi connectivity index (χ1n) is 7.90. The number of aromatic nitrogens is 3. The standard InChI is InChI=1S/C17H14F3IN4O2S/c1-16(2,27)10-7-12-9(8-25(24-12)28-21)6-13(10)23-15(26)11-4-3-5-14(22-11)17(18,19)20/h3-8,27H,1-2H3,(H,23,26). The summed E-state index contributed by atoms with van der Waals surface area (Å²) in [4.78, 5) is 15.9. The van der Waals surface area contributed by atoms with E-state index in [-0.39, 0.29) is 11.4 Å². The summed E-state index contributed by atoms with van der Waals surface area (Å²) in [6.07, 6.45) is -2.92. The van der Waals surface area contributed by atoms with Crippen molar-refractivity contribution in [1.29, 1.82) is 0 Å². The molecule has 0 aliphatic carbocycles. The molecule has 3 aromatic rings. The zero-order chi connectivity index (χ0) is 20.7. The Morgan fingerprint density at radius 3 is 2.61 bits per heavy atom. The maximum absolute atomic E-state index is 12.8. The van der Waals surface area contributed by atoms with Crippen LogP contribution in [0, 0.1) is 0 Å². The van der Waals surface area contributed by atoms with Gasteiger partial charge in [0.1, 0.15) is 11.4 Å². The van der Waals surface area contributed by atoms with Crippen molar-refractivity contribution >= 4 is 52.8 Å². The van der Waals surface area contributed by atoms with Crippen LogP contribution in [0.2, 0.25) is 0 Å². The van der Waals surface area contributed by atoms with Crippen molar-refractivity contribution in [3.05, 3.63) is 53.5 Å². The molecule has 0 bridgehead atoms. The lowest BCUT2D eigenvalue weighted by atomic mass is 9.95. The SMILES string of the molecule is CC(C)(O)c1cc2nn(SI)cc2cc1NC(=O)c1cccc(C(F)(F)F)n1. The molecule has 28 heavy (non-hydrogen) atoms. The van der Waals surface area contributed by atoms with Gasteiger partial charge in [-0.1, -0.05) is 6.07 Å². The number of nitrogens with zero attached hydrogens (tertiary/aromatic N) is 3. The van der Waals surface area contributed by atoms with Gasteiger partial charge in [0.25, 0.3) is 5.91 Å². The summed E-state index contributed by atoms with van der Waals surface area (Å²) >= 11 is 2.06. The molecule has 0 radical (unpaired) electrons. The van der Waals surface area contributed by atoms with Crippen LogP contribution >= 0.6 is 30.3 Å². The number of rotatable bonds is 4. The van der Waals surface area contributed by atoms with Crippen molar-refractivity contribution in [1.82, 2.24) is 14.2 Å². The average Bonchev–Trinajstić information content (AvgIpc) is 3.01. The topological polar surface area (TPSA) is 80.0 Å². The van der Waals surface area contributed by atoms with Crippen LogP contribution in [0.5, 0.6) is 0 Å². The van der Waals surface area contributed by atoms with E-state index in [0.29, 0.717) is 16.5 Å². The van der Waals surface area contributed by atoms with Crippen LogP contribution in [0.1, 0.15) is 35.6 Å². The minimum Gasteiger partial charge on any atom is -0.386 e. The van der Waals surface area contributed by atoms with E-state index in [9.17, 15) is 23.1 Å². The molecule has 0 atom stereocenters. The summed E-state index contributed by atoms with van der Waals surface area (Å²) in [6, 6.07) is 6.35. The van der Waals surface area contributed by atoms with Gasteiger partial charge in [-0.05, 0) is 38.1 Å². The minimum absolute atomic E-state index is 0.266. The Morgan fingerprint density at radius 2 is 2.00 bits per heavy atom. The van der Waals surface area contributed by atoms with Crippen molar-refractivity contribution in [2.75, 3.05) is 5.32 Å². The Bertz CT molecular complexity index is 1050. The van der Waals surface area contributed by atoms with Gasteiger partial charge >= 0.3 is 6.18 Å². The Hall–Kier alpha value is -1.86. The maximum Gasteiger partial charge on any atom is 0.433 e. The fraction of sp³-hybridized carbons (Fsp3) is 0.235. The molecule has 0 fully saturated rings. The third-order valence-corrected chi connectivity index (χ3v) is 5.41. The first kappa shape index (κ1) is 20.9. The second-order valence-corrected chi connectivity index (χ2v) is 8.17. The molecule has 0 saturated heterocycles. The van der Waals surface area contributed by atoms with Gasteiger partial charge in [-0.25, -0.2) is 9.07 Å². The van der Waals surface area contributed by atoms with Gasteiger partial charge in [0.15, 0.2) is 0 Å². The normalized spacial score (nSPS) is 12.4. The van der Waals surface area contributed by atoms with Gasteiger partial charge in [0.2, 0.25) is 0 Å². The summed E-state index contributed by atoms with van der Waals surface area (Å²) < 4.78 is 40.2. The summed E-state index contributed by atoms with van der Waals surface area (Å²) in [5.41, 5.74) is -1.60. The molecule has 2 heterocycles. The predicted octanol–water partition coefficient (Wildman–Crippen LogP) is 4.78. The van der Waals surface area contributed by atoms with Crippen LogP contribution in [-0.4, -0.2) is 25.2 Å². The monoisotopic (exact) mass is 522 g/mol. The van der Waals surface area contributed by atoms with Crippen LogP contribution in [0.4, 0.5) is 18.9 Å². The maximum atomic E-state index is 12.8. The quantitative estimate of drug-likeness (QED) is 0.483. The predicted molar refractivity (Wildman–Crippen MR) is 109 cm³/mol. The summed E-state index contributed by atoms with van der Waals surface area (Å²) in [6.45, 7) is 3.08. The number of pyridine rings is 1. The highest BCUT2D eigenvalue weighted by molar-refractivity contribution is 14.2. The number of fused-ring (bicyclic) bond motifs is 1. The van der Waals surface area contributed by atoms with E-state index in [1.165, 1.54) is 29.0 Å². The van der Waals surface area contributed by atoms with Gasteiger partial charge < -0.3 is 10.4 Å². The molecule has 3 rings (SSSR count). The minimum atomic E-state index is -4.65. The van der Waals surface area contributed by atoms with Crippen LogP contribution in [0.15, 0.2) is 36.5 Å². The Morgan fingerprint density at radius 1 is 1.29 bits per heavy atom. The number of hydrogen-bond acceptors (Lipinski definition) is 5. The summed E-state index contributed by atoms with van der Waals surface area (Å²) in [5.74, 6) is -0.813. The number of carbonyl (C=O) groups is 1. The molecule has 0 unspecified atom stereocenters. The number of amides is 1. The van der Waals surface area contributed by atoms with E-state index in [1.807, 2.05) is 0 Å². The zero-order valence-electron chi connectivity index (χ0n) is 14.6. The highest BCUT2D eigenvalue weighted by Gasteiger charge is 2.33. The Kier molecular flexibility index (Phi) is 5.60. The highest BCUT2D eigenvalue weighted by Crippen LogP contribution is 2.33. The first-order valence-corrected chi connectivity index (χ1v) is 11.2. The molecular weight excluding hydrogens is 508 g/mol. The molecule has 0 spiro atoms. The van der Waals surface area contributed by atoms with E-state index in [2.05, 4.69) is 36.6 Å². The number of aliphatic hydroxyl groups is 1. The lowest BCUT2D eigenvalue weighted by Gasteiger charge is -2.22. The lowest BCUT2D eigenvalue weighted by molar-refractivity contribution is -0.141. The fourth-order valence-corrected chi connectivity index (χ4v) is 3.48. The van der Waals surface area contributed by atoms with Crippen molar-refractivity contribution in [2.45, 2.75) is 25.6 Å². The van der Waals surface area contributed by atoms with Gasteiger partial charge in [0.05, 0.1) is 11.1 Å². The molecule has 0 saturated carbocycles. The molecule has 1 aromatic carbocycles. The first-order chi connectivity index (χ1) is 13.0. The van der Waals surface area contributed by atoms with Gasteiger partial charge in [-0.3, -0.25) is 4.79 Å². The van der Waals surface area contributed by atoms with E-state index >= 15 is 0 Å². The second-order valence-electron chi connectivity index (χ2n) is 6.48. The van der Waals surface area contributed by atoms with Crippen molar-refractivity contribution in [2.24, 2.45) is 0 Å². The van der Waals surface area contributed by atoms with Crippen LogP contribution in [-0.2, 0) is 11.8 Å².